The molecule has 0 bridgehead atoms. The van der Waals surface area contributed by atoms with Crippen LogP contribution in [0.5, 0.6) is 17.5 Å². The second-order valence-corrected chi connectivity index (χ2v) is 10.8. The number of benzene rings is 2. The Balaban J connectivity index is 1.10. The van der Waals surface area contributed by atoms with Gasteiger partial charge in [-0.3, -0.25) is 4.57 Å². The number of imidazole rings is 1. The maximum atomic E-state index is 13.1. The van der Waals surface area contributed by atoms with Crippen LogP contribution in [0.15, 0.2) is 59.6 Å². The maximum Gasteiger partial charge on any atom is 0.573 e. The highest BCUT2D eigenvalue weighted by Crippen LogP contribution is 2.32. The van der Waals surface area contributed by atoms with Crippen molar-refractivity contribution in [2.24, 2.45) is 0 Å². The van der Waals surface area contributed by atoms with Gasteiger partial charge in [-0.2, -0.15) is 0 Å². The summed E-state index contributed by atoms with van der Waals surface area (Å²) in [4.78, 5) is 16.8. The van der Waals surface area contributed by atoms with Crippen molar-refractivity contribution in [3.8, 4) is 17.5 Å². The van der Waals surface area contributed by atoms with Gasteiger partial charge in [0.25, 0.3) is 0 Å². The molecule has 0 spiro atoms. The Morgan fingerprint density at radius 1 is 1.08 bits per heavy atom. The molecular weight excluding hydrogens is 543 g/mol. The van der Waals surface area contributed by atoms with Gasteiger partial charge in [-0.1, -0.05) is 0 Å². The summed E-state index contributed by atoms with van der Waals surface area (Å²) in [6, 6.07) is 12.8. The van der Waals surface area contributed by atoms with Crippen molar-refractivity contribution in [2.75, 3.05) is 37.7 Å². The molecule has 1 aromatic heterocycles. The average Bonchev–Trinajstić information content (AvgIpc) is 3.43. The van der Waals surface area contributed by atoms with Crippen molar-refractivity contribution >= 4 is 22.5 Å². The van der Waals surface area contributed by atoms with Crippen molar-refractivity contribution in [3.05, 3.63) is 64.8 Å². The minimum Gasteiger partial charge on any atom is -0.489 e. The molecule has 2 aliphatic rings. The first-order valence-electron chi connectivity index (χ1n) is 11.9. The monoisotopic (exact) mass is 567 g/mol. The zero-order chi connectivity index (χ0) is 27.8. The molecule has 2 aliphatic heterocycles. The van der Waals surface area contributed by atoms with E-state index in [1.807, 2.05) is 16.1 Å². The van der Waals surface area contributed by atoms with Crippen molar-refractivity contribution in [3.63, 3.8) is 0 Å². The molecule has 39 heavy (non-hydrogen) atoms. The summed E-state index contributed by atoms with van der Waals surface area (Å²) in [5.41, 5.74) is 0.0164. The number of aromatic nitrogens is 2. The molecule has 0 saturated carbocycles. The predicted molar refractivity (Wildman–Crippen MR) is 133 cm³/mol. The topological polar surface area (TPSA) is 112 Å². The quantitative estimate of drug-likeness (QED) is 0.299. The molecule has 208 valence electrons. The van der Waals surface area contributed by atoms with E-state index in [0.29, 0.717) is 43.4 Å². The van der Waals surface area contributed by atoms with Crippen LogP contribution in [0.4, 0.5) is 24.7 Å². The van der Waals surface area contributed by atoms with E-state index < -0.39 is 27.9 Å². The summed E-state index contributed by atoms with van der Waals surface area (Å²) in [6.45, 7) is 4.49. The minimum atomic E-state index is -4.73. The lowest BCUT2D eigenvalue weighted by Gasteiger charge is -2.35. The lowest BCUT2D eigenvalue weighted by atomic mass is 10.1. The van der Waals surface area contributed by atoms with Crippen molar-refractivity contribution in [1.29, 1.82) is 0 Å². The molecule has 1 unspecified atom stereocenters. The van der Waals surface area contributed by atoms with Gasteiger partial charge in [-0.15, -0.1) is 13.2 Å². The minimum absolute atomic E-state index is 0.172. The summed E-state index contributed by atoms with van der Waals surface area (Å²) in [7, 11) is -1.39. The molecule has 0 aliphatic carbocycles. The second kappa shape index (κ2) is 10.4. The van der Waals surface area contributed by atoms with E-state index in [9.17, 15) is 27.5 Å². The van der Waals surface area contributed by atoms with Gasteiger partial charge in [0.05, 0.1) is 11.4 Å². The fourth-order valence-corrected chi connectivity index (χ4v) is 5.53. The smallest absolute Gasteiger partial charge is 0.489 e. The Morgan fingerprint density at radius 2 is 1.72 bits per heavy atom. The van der Waals surface area contributed by atoms with E-state index in [4.69, 9.17) is 9.47 Å². The van der Waals surface area contributed by atoms with Gasteiger partial charge in [0, 0.05) is 36.9 Å². The normalized spacial score (nSPS) is 20.3. The van der Waals surface area contributed by atoms with E-state index >= 15 is 0 Å². The van der Waals surface area contributed by atoms with Crippen molar-refractivity contribution < 1.29 is 36.5 Å². The number of fused-ring (bicyclic) bond motifs is 1. The number of nitro groups is 1. The summed E-state index contributed by atoms with van der Waals surface area (Å²) >= 11 is 0. The highest BCUT2D eigenvalue weighted by Gasteiger charge is 2.41. The maximum absolute atomic E-state index is 13.1. The molecule has 3 aromatic rings. The molecule has 0 N–H and O–H groups in total. The van der Waals surface area contributed by atoms with Crippen LogP contribution in [0.1, 0.15) is 6.92 Å². The van der Waals surface area contributed by atoms with E-state index in [-0.39, 0.29) is 24.2 Å². The van der Waals surface area contributed by atoms with Gasteiger partial charge in [0.2, 0.25) is 0 Å². The molecule has 0 amide bonds. The van der Waals surface area contributed by atoms with Gasteiger partial charge >= 0.3 is 18.2 Å². The molecular formula is C24H24F3N5O6S. The summed E-state index contributed by atoms with van der Waals surface area (Å²) in [5, 5.41) is 10.9. The van der Waals surface area contributed by atoms with Crippen LogP contribution in [0.2, 0.25) is 0 Å². The second-order valence-electron chi connectivity index (χ2n) is 9.29. The third-order valence-electron chi connectivity index (χ3n) is 6.23. The summed E-state index contributed by atoms with van der Waals surface area (Å²) in [6.07, 6.45) is -3.41. The van der Waals surface area contributed by atoms with Crippen LogP contribution in [0.25, 0.3) is 0 Å². The van der Waals surface area contributed by atoms with Crippen molar-refractivity contribution in [2.45, 2.75) is 30.3 Å². The lowest BCUT2D eigenvalue weighted by molar-refractivity contribution is -0.389. The Hall–Kier alpha value is -3.85. The zero-order valence-corrected chi connectivity index (χ0v) is 21.5. The van der Waals surface area contributed by atoms with Crippen LogP contribution >= 0.6 is 0 Å². The highest BCUT2D eigenvalue weighted by atomic mass is 32.2. The Morgan fingerprint density at radius 3 is 2.31 bits per heavy atom. The number of rotatable bonds is 8. The zero-order valence-electron chi connectivity index (χ0n) is 20.7. The van der Waals surface area contributed by atoms with Crippen LogP contribution in [0.3, 0.4) is 0 Å². The van der Waals surface area contributed by atoms with Crippen LogP contribution in [0, 0.1) is 10.1 Å². The number of hydrogen-bond acceptors (Lipinski definition) is 8. The van der Waals surface area contributed by atoms with E-state index in [0.717, 1.165) is 5.69 Å². The van der Waals surface area contributed by atoms with E-state index in [1.54, 1.807) is 41.0 Å². The highest BCUT2D eigenvalue weighted by molar-refractivity contribution is 7.82. The Bertz CT molecular complexity index is 1330. The van der Waals surface area contributed by atoms with Gasteiger partial charge in [0.1, 0.15) is 35.3 Å². The number of ether oxygens (including phenoxy) is 3. The third kappa shape index (κ3) is 6.25. The SMILES string of the molecule is C[C@]1(COc2ccc(S(=O)N3CCN(c4ccc(OC(F)(F)F)cc4)CC3)cc2)Cn2cc([N+](=O)[O-])nc2O1. The molecule has 1 saturated heterocycles. The molecule has 2 aromatic carbocycles. The summed E-state index contributed by atoms with van der Waals surface area (Å²) < 4.78 is 69.1. The van der Waals surface area contributed by atoms with E-state index in [1.165, 1.54) is 18.3 Å². The largest absolute Gasteiger partial charge is 0.573 e. The van der Waals surface area contributed by atoms with Gasteiger partial charge < -0.3 is 29.2 Å². The molecule has 2 atom stereocenters. The van der Waals surface area contributed by atoms with Crippen LogP contribution in [-0.2, 0) is 17.5 Å². The average molecular weight is 568 g/mol. The van der Waals surface area contributed by atoms with Gasteiger partial charge in [-0.25, -0.2) is 8.51 Å². The molecule has 15 heteroatoms. The van der Waals surface area contributed by atoms with Crippen LogP contribution < -0.4 is 19.1 Å². The first-order valence-corrected chi connectivity index (χ1v) is 13.0. The van der Waals surface area contributed by atoms with Crippen molar-refractivity contribution in [1.82, 2.24) is 13.9 Å². The number of alkyl halides is 3. The molecule has 5 rings (SSSR count). The summed E-state index contributed by atoms with van der Waals surface area (Å²) in [5.74, 6) is 0.00640. The fraction of sp³-hybridized carbons (Fsp3) is 0.375. The standard InChI is InChI=1S/C24H24F3N5O6S/c1-23(15-30-14-21(32(33)34)28-22(30)38-23)16-36-18-6-8-20(9-7-18)39(35)31-12-10-29(11-13-31)17-2-4-19(5-3-17)37-24(25,26)27/h2-9,14H,10-13,15-16H2,1H3/t23-,39?/m1/s1. The van der Waals surface area contributed by atoms with Gasteiger partial charge in [-0.05, 0) is 60.4 Å². The first-order chi connectivity index (χ1) is 18.5. The third-order valence-corrected chi connectivity index (χ3v) is 7.74. The number of piperazine rings is 1. The molecule has 1 fully saturated rings. The van der Waals surface area contributed by atoms with Gasteiger partial charge in [0.15, 0.2) is 5.60 Å². The Labute approximate surface area is 223 Å². The predicted octanol–water partition coefficient (Wildman–Crippen LogP) is 3.76. The number of anilines is 1. The molecule has 0 radical (unpaired) electrons. The number of halogens is 3. The van der Waals surface area contributed by atoms with Crippen LogP contribution in [-0.4, -0.2) is 67.7 Å². The molecule has 11 nitrogen and oxygen atoms in total. The first kappa shape index (κ1) is 26.7. The van der Waals surface area contributed by atoms with E-state index in [2.05, 4.69) is 9.72 Å². The molecule has 3 heterocycles. The fourth-order valence-electron chi connectivity index (χ4n) is 4.36. The Kier molecular flexibility index (Phi) is 7.11. The lowest BCUT2D eigenvalue weighted by Crippen LogP contribution is -2.46. The number of nitrogens with zero attached hydrogens (tertiary/aromatic N) is 5. The number of hydrogen-bond donors (Lipinski definition) is 0.